The van der Waals surface area contributed by atoms with Crippen molar-refractivity contribution in [3.8, 4) is 0 Å². The number of nitrogens with zero attached hydrogens (tertiary/aromatic N) is 5. The second kappa shape index (κ2) is 11.9. The van der Waals surface area contributed by atoms with Crippen molar-refractivity contribution < 1.29 is 4.79 Å². The predicted molar refractivity (Wildman–Crippen MR) is 146 cm³/mol. The van der Waals surface area contributed by atoms with E-state index in [2.05, 4.69) is 46.1 Å². The number of imidazole rings is 1. The van der Waals surface area contributed by atoms with E-state index < -0.39 is 0 Å². The Bertz CT molecular complexity index is 1150. The van der Waals surface area contributed by atoms with Crippen LogP contribution in [0.5, 0.6) is 0 Å². The molecule has 0 aliphatic heterocycles. The van der Waals surface area contributed by atoms with E-state index in [4.69, 9.17) is 11.6 Å². The van der Waals surface area contributed by atoms with Crippen molar-refractivity contribution in [2.75, 3.05) is 25.5 Å². The lowest BCUT2D eigenvalue weighted by Gasteiger charge is -2.40. The minimum absolute atomic E-state index is 0.143. The van der Waals surface area contributed by atoms with Crippen molar-refractivity contribution in [1.29, 1.82) is 0 Å². The van der Waals surface area contributed by atoms with Crippen LogP contribution in [0.4, 0.5) is 5.69 Å². The first kappa shape index (κ1) is 26.2. The molecule has 1 aliphatic carbocycles. The Morgan fingerprint density at radius 1 is 1.11 bits per heavy atom. The van der Waals surface area contributed by atoms with E-state index in [0.29, 0.717) is 35.8 Å². The normalized spacial score (nSPS) is 17.8. The number of pyridine rings is 1. The van der Waals surface area contributed by atoms with Gasteiger partial charge >= 0.3 is 0 Å². The molecule has 3 aromatic rings. The molecule has 1 saturated carbocycles. The Balaban J connectivity index is 1.47. The number of halogens is 1. The lowest BCUT2D eigenvalue weighted by atomic mass is 9.89. The number of carbonyl (C=O) groups is 1. The average Bonchev–Trinajstić information content (AvgIpc) is 3.32. The van der Waals surface area contributed by atoms with E-state index in [1.807, 2.05) is 42.0 Å². The highest BCUT2D eigenvalue weighted by Crippen LogP contribution is 2.34. The lowest BCUT2D eigenvalue weighted by Crippen LogP contribution is -2.42. The van der Waals surface area contributed by atoms with Gasteiger partial charge < -0.3 is 19.7 Å². The molecule has 8 heteroatoms. The molecule has 1 fully saturated rings. The van der Waals surface area contributed by atoms with E-state index in [1.54, 1.807) is 18.5 Å². The van der Waals surface area contributed by atoms with Crippen LogP contribution in [0.1, 0.15) is 60.0 Å². The zero-order valence-electron chi connectivity index (χ0n) is 21.7. The third kappa shape index (κ3) is 6.08. The van der Waals surface area contributed by atoms with Gasteiger partial charge in [-0.1, -0.05) is 17.7 Å². The van der Waals surface area contributed by atoms with Gasteiger partial charge in [-0.3, -0.25) is 9.78 Å². The fraction of sp³-hybridized carbons (Fsp3) is 0.464. The second-order valence-electron chi connectivity index (χ2n) is 9.78. The molecule has 192 valence electrons. The number of anilines is 1. The number of rotatable bonds is 9. The number of hydrogen-bond acceptors (Lipinski definition) is 5. The number of nitrogens with one attached hydrogen (secondary N) is 1. The maximum Gasteiger partial charge on any atom is 0.252 e. The Labute approximate surface area is 219 Å². The smallest absolute Gasteiger partial charge is 0.252 e. The van der Waals surface area contributed by atoms with Crippen LogP contribution in [-0.4, -0.2) is 58.1 Å². The van der Waals surface area contributed by atoms with Crippen LogP contribution in [0, 0.1) is 6.92 Å². The average molecular weight is 509 g/mol. The van der Waals surface area contributed by atoms with Gasteiger partial charge in [0.2, 0.25) is 0 Å². The molecule has 0 spiro atoms. The van der Waals surface area contributed by atoms with Crippen LogP contribution in [0.25, 0.3) is 0 Å². The molecule has 1 N–H and O–H groups in total. The number of hydrogen-bond donors (Lipinski definition) is 1. The molecule has 1 aromatic carbocycles. The molecule has 2 heterocycles. The molecular weight excluding hydrogens is 472 g/mol. The van der Waals surface area contributed by atoms with E-state index in [0.717, 1.165) is 42.2 Å². The molecule has 1 aliphatic rings. The summed E-state index contributed by atoms with van der Waals surface area (Å²) in [6, 6.07) is 10.7. The van der Waals surface area contributed by atoms with Gasteiger partial charge in [0.05, 0.1) is 18.8 Å². The van der Waals surface area contributed by atoms with Crippen LogP contribution in [0.2, 0.25) is 5.02 Å². The van der Waals surface area contributed by atoms with Crippen molar-refractivity contribution in [3.63, 3.8) is 0 Å². The van der Waals surface area contributed by atoms with Crippen molar-refractivity contribution in [2.24, 2.45) is 0 Å². The second-order valence-corrected chi connectivity index (χ2v) is 10.2. The van der Waals surface area contributed by atoms with Crippen LogP contribution < -0.4 is 10.2 Å². The topological polar surface area (TPSA) is 66.3 Å². The molecule has 4 rings (SSSR count). The summed E-state index contributed by atoms with van der Waals surface area (Å²) in [5.74, 6) is 0.637. The molecule has 0 bridgehead atoms. The summed E-state index contributed by atoms with van der Waals surface area (Å²) in [6.07, 6.45) is 10.1. The van der Waals surface area contributed by atoms with Gasteiger partial charge in [0.1, 0.15) is 5.82 Å². The molecule has 0 saturated heterocycles. The van der Waals surface area contributed by atoms with Crippen molar-refractivity contribution in [1.82, 2.24) is 24.8 Å². The van der Waals surface area contributed by atoms with Gasteiger partial charge in [-0.15, -0.1) is 0 Å². The van der Waals surface area contributed by atoms with Crippen LogP contribution in [0.15, 0.2) is 48.9 Å². The fourth-order valence-electron chi connectivity index (χ4n) is 5.28. The maximum absolute atomic E-state index is 13.3. The molecule has 0 radical (unpaired) electrons. The Morgan fingerprint density at radius 3 is 2.53 bits per heavy atom. The molecule has 0 atom stereocenters. The molecule has 2 aromatic heterocycles. The van der Waals surface area contributed by atoms with E-state index in [9.17, 15) is 4.79 Å². The fourth-order valence-corrected chi connectivity index (χ4v) is 5.49. The summed E-state index contributed by atoms with van der Waals surface area (Å²) >= 11 is 6.55. The standard InChI is InChI=1S/C28H37ClN6O/c1-5-35(24-11-9-23(10-12-24)33(3)4)26-17-21(29)16-25(20(26)2)28(36)32-18-27-31-14-15-34(27)19-22-8-6-7-13-30-22/h6-8,13-17,23-24H,5,9-12,18-19H2,1-4H3,(H,32,36)/t23-,24-. The number of benzene rings is 1. The first-order chi connectivity index (χ1) is 17.4. The van der Waals surface area contributed by atoms with Gasteiger partial charge in [0, 0.05) is 53.5 Å². The summed E-state index contributed by atoms with van der Waals surface area (Å²) in [6.45, 7) is 6.01. The summed E-state index contributed by atoms with van der Waals surface area (Å²) in [5.41, 5.74) is 3.57. The zero-order chi connectivity index (χ0) is 25.7. The lowest BCUT2D eigenvalue weighted by molar-refractivity contribution is 0.0949. The number of carbonyl (C=O) groups excluding carboxylic acids is 1. The van der Waals surface area contributed by atoms with E-state index in [-0.39, 0.29) is 5.91 Å². The maximum atomic E-state index is 13.3. The van der Waals surface area contributed by atoms with Crippen molar-refractivity contribution in [3.05, 3.63) is 76.6 Å². The highest BCUT2D eigenvalue weighted by atomic mass is 35.5. The molecule has 1 amide bonds. The minimum Gasteiger partial charge on any atom is -0.369 e. The molecule has 36 heavy (non-hydrogen) atoms. The third-order valence-corrected chi connectivity index (χ3v) is 7.56. The SMILES string of the molecule is CCN(c1cc(Cl)cc(C(=O)NCc2nccn2Cc2ccccn2)c1C)[C@H]1CC[C@H](N(C)C)CC1. The van der Waals surface area contributed by atoms with Crippen LogP contribution in [-0.2, 0) is 13.1 Å². The highest BCUT2D eigenvalue weighted by Gasteiger charge is 2.28. The molecule has 0 unspecified atom stereocenters. The summed E-state index contributed by atoms with van der Waals surface area (Å²) < 4.78 is 2.00. The van der Waals surface area contributed by atoms with E-state index in [1.165, 1.54) is 12.8 Å². The molecule has 7 nitrogen and oxygen atoms in total. The monoisotopic (exact) mass is 508 g/mol. The van der Waals surface area contributed by atoms with Crippen LogP contribution >= 0.6 is 11.6 Å². The predicted octanol–water partition coefficient (Wildman–Crippen LogP) is 4.92. The Kier molecular flexibility index (Phi) is 8.64. The Hall–Kier alpha value is -2.90. The number of amides is 1. The summed E-state index contributed by atoms with van der Waals surface area (Å²) in [5, 5.41) is 3.63. The zero-order valence-corrected chi connectivity index (χ0v) is 22.5. The number of aromatic nitrogens is 3. The van der Waals surface area contributed by atoms with Gasteiger partial charge in [0.25, 0.3) is 5.91 Å². The van der Waals surface area contributed by atoms with Gasteiger partial charge in [-0.05, 0) is 83.5 Å². The first-order valence-corrected chi connectivity index (χ1v) is 13.2. The first-order valence-electron chi connectivity index (χ1n) is 12.8. The quantitative estimate of drug-likeness (QED) is 0.444. The van der Waals surface area contributed by atoms with Gasteiger partial charge in [0.15, 0.2) is 0 Å². The van der Waals surface area contributed by atoms with Crippen LogP contribution in [0.3, 0.4) is 0 Å². The van der Waals surface area contributed by atoms with Gasteiger partial charge in [-0.25, -0.2) is 4.98 Å². The summed E-state index contributed by atoms with van der Waals surface area (Å²) in [7, 11) is 4.33. The molecular formula is C28H37ClN6O. The van der Waals surface area contributed by atoms with E-state index >= 15 is 0 Å². The minimum atomic E-state index is -0.143. The Morgan fingerprint density at radius 2 is 1.86 bits per heavy atom. The summed E-state index contributed by atoms with van der Waals surface area (Å²) in [4.78, 5) is 26.9. The third-order valence-electron chi connectivity index (χ3n) is 7.34. The van der Waals surface area contributed by atoms with Crippen molar-refractivity contribution >= 4 is 23.2 Å². The highest BCUT2D eigenvalue weighted by molar-refractivity contribution is 6.31. The van der Waals surface area contributed by atoms with Crippen molar-refractivity contribution in [2.45, 2.75) is 64.7 Å². The van der Waals surface area contributed by atoms with Gasteiger partial charge in [-0.2, -0.15) is 0 Å². The largest absolute Gasteiger partial charge is 0.369 e.